The fourth-order valence-electron chi connectivity index (χ4n) is 12.0. The van der Waals surface area contributed by atoms with Crippen LogP contribution in [0.5, 0.6) is 23.0 Å². The van der Waals surface area contributed by atoms with E-state index in [-0.39, 0.29) is 28.4 Å². The number of ether oxygens (including phenoxy) is 2. The fourth-order valence-corrected chi connectivity index (χ4v) is 12.0. The Morgan fingerprint density at radius 3 is 1.91 bits per heavy atom. The Labute approximate surface area is 405 Å². The molecule has 348 valence electrons. The van der Waals surface area contributed by atoms with Crippen LogP contribution < -0.4 is 14.5 Å². The molecule has 6 aliphatic rings. The van der Waals surface area contributed by atoms with E-state index in [1.165, 1.54) is 28.9 Å². The molecular formula is C60H50N2O8. The lowest BCUT2D eigenvalue weighted by Crippen LogP contribution is -2.38. The highest BCUT2D eigenvalue weighted by atomic mass is 16.6. The number of ketones is 1. The van der Waals surface area contributed by atoms with Crippen molar-refractivity contribution in [1.29, 1.82) is 0 Å². The summed E-state index contributed by atoms with van der Waals surface area (Å²) in [6.07, 6.45) is 7.87. The van der Waals surface area contributed by atoms with E-state index in [9.17, 15) is 24.6 Å². The van der Waals surface area contributed by atoms with Crippen LogP contribution in [0.25, 0.3) is 21.5 Å². The Kier molecular flexibility index (Phi) is 10.6. The molecule has 0 saturated heterocycles. The number of rotatable bonds is 3. The van der Waals surface area contributed by atoms with Crippen molar-refractivity contribution in [3.63, 3.8) is 0 Å². The maximum atomic E-state index is 13.3. The second kappa shape index (κ2) is 17.1. The van der Waals surface area contributed by atoms with E-state index < -0.39 is 17.4 Å². The van der Waals surface area contributed by atoms with Gasteiger partial charge in [-0.1, -0.05) is 97.1 Å². The number of aromatic carboxylic acids is 1. The molecule has 0 bridgehead atoms. The number of carbonyl (C=O) groups is 3. The number of anilines is 2. The lowest BCUT2D eigenvalue weighted by atomic mass is 9.73. The second-order valence-electron chi connectivity index (χ2n) is 19.0. The highest BCUT2D eigenvalue weighted by Gasteiger charge is 2.55. The summed E-state index contributed by atoms with van der Waals surface area (Å²) in [5, 5.41) is 33.6. The summed E-state index contributed by atoms with van der Waals surface area (Å²) in [6, 6.07) is 43.8. The largest absolute Gasteiger partial charge is 0.508 e. The SMILES string of the molecule is O=C(O)c1ccccc1C(=O)c1cc2c3c(c1O)CCCN3CCC2.O=C1OC2(c3ccccc31)c1cc3c4c(c1Oc1ccc5ccccc5c12)CCCN4CCC3.Oc1ccc2ccccc2c1. The third kappa shape index (κ3) is 6.95. The number of fused-ring (bicyclic) bond motifs is 10. The van der Waals surface area contributed by atoms with Gasteiger partial charge in [0.05, 0.1) is 22.3 Å². The van der Waals surface area contributed by atoms with Gasteiger partial charge in [0.25, 0.3) is 0 Å². The Balaban J connectivity index is 0.000000122. The van der Waals surface area contributed by atoms with Crippen molar-refractivity contribution < 1.29 is 39.2 Å². The highest BCUT2D eigenvalue weighted by molar-refractivity contribution is 6.16. The summed E-state index contributed by atoms with van der Waals surface area (Å²) in [5.41, 5.74) is 9.72. The van der Waals surface area contributed by atoms with Crippen molar-refractivity contribution in [2.45, 2.75) is 57.0 Å². The standard InChI is InChI=1S/C30H23NO3.C20H19NO4.C10H8O/c32-29-21-10-3-4-12-23(21)30(34-29)24-17-19-8-5-15-31-16-6-11-22(27(19)31)28(24)33-25-14-13-18-7-1-2-9-20(18)26(25)30;22-18(13-6-1-2-7-14(13)20(24)25)16-11-12-5-3-9-21-10-4-8-15(17(12)21)19(16)23;11-10-6-5-8-3-1-2-4-9(8)7-10/h1-4,7,9-10,12-14,17H,5-6,8,11,15-16H2;1-2,6-7,11,23H,3-5,8-10H2,(H,24,25);1-7,11H. The highest BCUT2D eigenvalue weighted by Crippen LogP contribution is 2.60. The van der Waals surface area contributed by atoms with Gasteiger partial charge < -0.3 is 34.6 Å². The summed E-state index contributed by atoms with van der Waals surface area (Å²) in [6.45, 7) is 4.16. The first-order chi connectivity index (χ1) is 34.2. The first kappa shape index (κ1) is 43.2. The number of carboxylic acids is 1. The third-order valence-corrected chi connectivity index (χ3v) is 15.0. The minimum absolute atomic E-state index is 0.00976. The van der Waals surface area contributed by atoms with Crippen molar-refractivity contribution in [1.82, 2.24) is 0 Å². The molecule has 70 heavy (non-hydrogen) atoms. The zero-order valence-electron chi connectivity index (χ0n) is 38.5. The number of aryl methyl sites for hydroxylation is 2. The molecule has 3 N–H and O–H groups in total. The Hall–Kier alpha value is -8.11. The van der Waals surface area contributed by atoms with Gasteiger partial charge in [0.2, 0.25) is 0 Å². The summed E-state index contributed by atoms with van der Waals surface area (Å²) >= 11 is 0. The van der Waals surface area contributed by atoms with Gasteiger partial charge in [0.1, 0.15) is 23.0 Å². The monoisotopic (exact) mass is 926 g/mol. The van der Waals surface area contributed by atoms with Crippen molar-refractivity contribution >= 4 is 50.6 Å². The van der Waals surface area contributed by atoms with E-state index in [0.717, 1.165) is 144 Å². The molecule has 6 aliphatic heterocycles. The first-order valence-electron chi connectivity index (χ1n) is 24.3. The van der Waals surface area contributed by atoms with Gasteiger partial charge in [-0.25, -0.2) is 9.59 Å². The summed E-state index contributed by atoms with van der Waals surface area (Å²) in [7, 11) is 0. The summed E-state index contributed by atoms with van der Waals surface area (Å²) in [4.78, 5) is 42.6. The van der Waals surface area contributed by atoms with Crippen LogP contribution in [0.15, 0.2) is 140 Å². The normalized spacial score (nSPS) is 17.6. The van der Waals surface area contributed by atoms with Crippen LogP contribution in [0.2, 0.25) is 0 Å². The van der Waals surface area contributed by atoms with Crippen molar-refractivity contribution in [2.24, 2.45) is 0 Å². The van der Waals surface area contributed by atoms with Gasteiger partial charge in [-0.3, -0.25) is 4.79 Å². The lowest BCUT2D eigenvalue weighted by Gasteiger charge is -2.43. The zero-order chi connectivity index (χ0) is 47.7. The topological polar surface area (TPSA) is 137 Å². The van der Waals surface area contributed by atoms with Crippen molar-refractivity contribution in [2.75, 3.05) is 36.0 Å². The van der Waals surface area contributed by atoms with Gasteiger partial charge in [-0.2, -0.15) is 0 Å². The Bertz CT molecular complexity index is 3490. The van der Waals surface area contributed by atoms with Crippen LogP contribution in [-0.2, 0) is 36.0 Å². The molecule has 0 saturated carbocycles. The maximum absolute atomic E-state index is 13.3. The van der Waals surface area contributed by atoms with Gasteiger partial charge in [-0.15, -0.1) is 0 Å². The first-order valence-corrected chi connectivity index (χ1v) is 24.3. The predicted molar refractivity (Wildman–Crippen MR) is 270 cm³/mol. The molecule has 1 atom stereocenters. The zero-order valence-corrected chi connectivity index (χ0v) is 38.5. The van der Waals surface area contributed by atoms with E-state index in [1.807, 2.05) is 66.7 Å². The van der Waals surface area contributed by atoms with E-state index in [2.05, 4.69) is 40.1 Å². The minimum Gasteiger partial charge on any atom is -0.508 e. The van der Waals surface area contributed by atoms with E-state index in [1.54, 1.807) is 30.3 Å². The average molecular weight is 927 g/mol. The third-order valence-electron chi connectivity index (χ3n) is 15.0. The van der Waals surface area contributed by atoms with E-state index >= 15 is 0 Å². The number of carboxylic acid groups (broad SMARTS) is 1. The van der Waals surface area contributed by atoms with Gasteiger partial charge in [0, 0.05) is 65.4 Å². The maximum Gasteiger partial charge on any atom is 0.340 e. The van der Waals surface area contributed by atoms with Crippen LogP contribution in [0, 0.1) is 0 Å². The molecular weight excluding hydrogens is 877 g/mol. The molecule has 0 aliphatic carbocycles. The summed E-state index contributed by atoms with van der Waals surface area (Å²) < 4.78 is 13.3. The summed E-state index contributed by atoms with van der Waals surface area (Å²) in [5.74, 6) is 0.151. The molecule has 8 aromatic carbocycles. The molecule has 10 nitrogen and oxygen atoms in total. The quantitative estimate of drug-likeness (QED) is 0.116. The van der Waals surface area contributed by atoms with Crippen LogP contribution >= 0.6 is 0 Å². The molecule has 0 amide bonds. The Morgan fingerprint density at radius 2 is 1.16 bits per heavy atom. The molecule has 0 aromatic heterocycles. The number of phenolic OH excluding ortho intramolecular Hbond substituents is 2. The second-order valence-corrected chi connectivity index (χ2v) is 19.0. The van der Waals surface area contributed by atoms with Crippen LogP contribution in [0.4, 0.5) is 11.4 Å². The number of hydrogen-bond acceptors (Lipinski definition) is 9. The fraction of sp³-hybridized carbons (Fsp3) is 0.217. The molecule has 6 heterocycles. The molecule has 0 radical (unpaired) electrons. The molecule has 0 fully saturated rings. The molecule has 1 spiro atoms. The molecule has 1 unspecified atom stereocenters. The minimum atomic E-state index is -1.14. The van der Waals surface area contributed by atoms with E-state index in [4.69, 9.17) is 14.6 Å². The van der Waals surface area contributed by atoms with Crippen molar-refractivity contribution in [3.8, 4) is 23.0 Å². The number of aromatic hydroxyl groups is 2. The lowest BCUT2D eigenvalue weighted by molar-refractivity contribution is 0.0228. The number of phenols is 2. The number of benzene rings is 8. The van der Waals surface area contributed by atoms with Crippen molar-refractivity contribution in [3.05, 3.63) is 201 Å². The molecule has 14 rings (SSSR count). The number of nitrogens with zero attached hydrogens (tertiary/aromatic N) is 2. The molecule has 10 heteroatoms. The van der Waals surface area contributed by atoms with E-state index in [0.29, 0.717) is 11.3 Å². The number of hydrogen-bond donors (Lipinski definition) is 3. The van der Waals surface area contributed by atoms with Crippen LogP contribution in [0.3, 0.4) is 0 Å². The van der Waals surface area contributed by atoms with Crippen LogP contribution in [0.1, 0.15) is 101 Å². The van der Waals surface area contributed by atoms with Gasteiger partial charge in [-0.05, 0) is 127 Å². The van der Waals surface area contributed by atoms with Gasteiger partial charge >= 0.3 is 11.9 Å². The predicted octanol–water partition coefficient (Wildman–Crippen LogP) is 11.7. The Morgan fingerprint density at radius 1 is 0.557 bits per heavy atom. The smallest absolute Gasteiger partial charge is 0.340 e. The average Bonchev–Trinajstić information content (AvgIpc) is 3.69. The number of carbonyl (C=O) groups excluding carboxylic acids is 2. The van der Waals surface area contributed by atoms with Crippen LogP contribution in [-0.4, -0.2) is 59.2 Å². The molecule has 8 aromatic rings. The number of esters is 1. The van der Waals surface area contributed by atoms with Gasteiger partial charge in [0.15, 0.2) is 11.4 Å².